The molecule has 1 N–H and O–H groups in total. The van der Waals surface area contributed by atoms with Gasteiger partial charge in [-0.1, -0.05) is 101 Å². The molecule has 0 radical (unpaired) electrons. The molecule has 0 saturated heterocycles. The molecule has 2 aromatic carbocycles. The van der Waals surface area contributed by atoms with Crippen molar-refractivity contribution < 1.29 is 14.6 Å². The fourth-order valence-electron chi connectivity index (χ4n) is 4.85. The molecule has 0 spiro atoms. The lowest BCUT2D eigenvalue weighted by Gasteiger charge is -2.35. The van der Waals surface area contributed by atoms with Crippen molar-refractivity contribution in [1.82, 2.24) is 0 Å². The van der Waals surface area contributed by atoms with Gasteiger partial charge in [0.2, 0.25) is 0 Å². The Morgan fingerprint density at radius 1 is 1.00 bits per heavy atom. The summed E-state index contributed by atoms with van der Waals surface area (Å²) in [5, 5.41) is 9.19. The Bertz CT molecular complexity index is 941. The number of carbonyl (C=O) groups is 1. The van der Waals surface area contributed by atoms with Crippen LogP contribution in [0, 0.1) is 5.92 Å². The van der Waals surface area contributed by atoms with E-state index >= 15 is 0 Å². The zero-order valence-electron chi connectivity index (χ0n) is 20.3. The normalized spacial score (nSPS) is 20.5. The number of allylic oxidation sites excluding steroid dienone is 4. The summed E-state index contributed by atoms with van der Waals surface area (Å²) in [5.41, 5.74) is 2.45. The number of rotatable bonds is 12. The van der Waals surface area contributed by atoms with Gasteiger partial charge in [0, 0.05) is 16.9 Å². The summed E-state index contributed by atoms with van der Waals surface area (Å²) in [7, 11) is 0. The van der Waals surface area contributed by atoms with Crippen molar-refractivity contribution in [2.45, 2.75) is 70.6 Å². The molecular formula is C30H38O3. The van der Waals surface area contributed by atoms with Gasteiger partial charge in [-0.2, -0.15) is 0 Å². The second kappa shape index (κ2) is 11.9. The van der Waals surface area contributed by atoms with Crippen molar-refractivity contribution >= 4 is 5.97 Å². The van der Waals surface area contributed by atoms with Gasteiger partial charge < -0.3 is 9.84 Å². The van der Waals surface area contributed by atoms with Crippen LogP contribution in [0.1, 0.15) is 86.7 Å². The monoisotopic (exact) mass is 446 g/mol. The van der Waals surface area contributed by atoms with Crippen LogP contribution in [0.3, 0.4) is 0 Å². The standard InChI is InChI=1S/C30H38O3/c1-4-6-9-21-33-28-12-8-7-11-27(28)30(22-23(3)10-5-2)19-17-25(18-20-30)24-13-15-26(16-14-24)29(31)32/h7-8,11-20,23,25H,4-6,9-10,21-22H2,1-3H3,(H,31,32). The van der Waals surface area contributed by atoms with Gasteiger partial charge in [-0.25, -0.2) is 4.79 Å². The summed E-state index contributed by atoms with van der Waals surface area (Å²) in [6, 6.07) is 15.7. The molecule has 0 saturated carbocycles. The zero-order valence-corrected chi connectivity index (χ0v) is 20.3. The van der Waals surface area contributed by atoms with Crippen molar-refractivity contribution in [2.75, 3.05) is 6.61 Å². The number of hydrogen-bond acceptors (Lipinski definition) is 2. The Balaban J connectivity index is 1.89. The fraction of sp³-hybridized carbons (Fsp3) is 0.433. The minimum absolute atomic E-state index is 0.139. The number of carboxylic acids is 1. The molecule has 1 aliphatic carbocycles. The van der Waals surface area contributed by atoms with Crippen LogP contribution in [0.15, 0.2) is 72.8 Å². The molecule has 176 valence electrons. The number of carboxylic acid groups (broad SMARTS) is 1. The summed E-state index contributed by atoms with van der Waals surface area (Å²) >= 11 is 0. The van der Waals surface area contributed by atoms with Crippen molar-refractivity contribution in [3.63, 3.8) is 0 Å². The highest BCUT2D eigenvalue weighted by atomic mass is 16.5. The molecule has 3 nitrogen and oxygen atoms in total. The smallest absolute Gasteiger partial charge is 0.335 e. The summed E-state index contributed by atoms with van der Waals surface area (Å²) in [6.45, 7) is 7.55. The van der Waals surface area contributed by atoms with E-state index in [1.807, 2.05) is 12.1 Å². The Labute approximate surface area is 199 Å². The third kappa shape index (κ3) is 6.37. The van der Waals surface area contributed by atoms with E-state index in [1.54, 1.807) is 12.1 Å². The molecule has 3 rings (SSSR count). The molecule has 0 amide bonds. The first kappa shape index (κ1) is 24.8. The van der Waals surface area contributed by atoms with Gasteiger partial charge in [-0.3, -0.25) is 0 Å². The average Bonchev–Trinajstić information content (AvgIpc) is 2.83. The minimum atomic E-state index is -0.893. The predicted octanol–water partition coefficient (Wildman–Crippen LogP) is 7.93. The molecule has 0 fully saturated rings. The first-order valence-electron chi connectivity index (χ1n) is 12.4. The van der Waals surface area contributed by atoms with Crippen molar-refractivity contribution in [3.8, 4) is 5.75 Å². The van der Waals surface area contributed by atoms with Crippen molar-refractivity contribution in [2.24, 2.45) is 5.92 Å². The van der Waals surface area contributed by atoms with Crippen LogP contribution in [-0.2, 0) is 5.41 Å². The minimum Gasteiger partial charge on any atom is -0.493 e. The van der Waals surface area contributed by atoms with Gasteiger partial charge in [0.1, 0.15) is 5.75 Å². The first-order chi connectivity index (χ1) is 16.0. The lowest BCUT2D eigenvalue weighted by atomic mass is 9.69. The first-order valence-corrected chi connectivity index (χ1v) is 12.4. The van der Waals surface area contributed by atoms with Crippen LogP contribution in [0.25, 0.3) is 0 Å². The fourth-order valence-corrected chi connectivity index (χ4v) is 4.85. The lowest BCUT2D eigenvalue weighted by Crippen LogP contribution is -2.27. The van der Waals surface area contributed by atoms with Gasteiger partial charge in [0.05, 0.1) is 12.2 Å². The summed E-state index contributed by atoms with van der Waals surface area (Å²) < 4.78 is 6.28. The zero-order chi connectivity index (χ0) is 23.7. The number of para-hydroxylation sites is 1. The van der Waals surface area contributed by atoms with Crippen molar-refractivity contribution in [3.05, 3.63) is 89.5 Å². The molecule has 2 aromatic rings. The van der Waals surface area contributed by atoms with Crippen LogP contribution in [0.5, 0.6) is 5.75 Å². The third-order valence-electron chi connectivity index (χ3n) is 6.61. The largest absolute Gasteiger partial charge is 0.493 e. The SMILES string of the molecule is CCCCCOc1ccccc1C1(CC(C)CCC)C=CC(c2ccc(C(=O)O)cc2)C=C1. The van der Waals surface area contributed by atoms with E-state index in [2.05, 4.69) is 69.3 Å². The average molecular weight is 447 g/mol. The lowest BCUT2D eigenvalue weighted by molar-refractivity contribution is 0.0697. The number of aromatic carboxylic acids is 1. The van der Waals surface area contributed by atoms with Gasteiger partial charge in [0.15, 0.2) is 0 Å². The highest BCUT2D eigenvalue weighted by Gasteiger charge is 2.33. The van der Waals surface area contributed by atoms with E-state index < -0.39 is 5.97 Å². The molecule has 1 aliphatic rings. The summed E-state index contributed by atoms with van der Waals surface area (Å²) in [4.78, 5) is 11.2. The maximum Gasteiger partial charge on any atom is 0.335 e. The molecule has 0 heterocycles. The number of ether oxygens (including phenoxy) is 1. The second-order valence-electron chi connectivity index (χ2n) is 9.36. The van der Waals surface area contributed by atoms with E-state index in [0.717, 1.165) is 30.8 Å². The maximum absolute atomic E-state index is 11.2. The molecule has 0 aromatic heterocycles. The molecule has 1 atom stereocenters. The molecule has 0 bridgehead atoms. The van der Waals surface area contributed by atoms with Crippen LogP contribution in [0.4, 0.5) is 0 Å². The van der Waals surface area contributed by atoms with Crippen molar-refractivity contribution in [1.29, 1.82) is 0 Å². The van der Waals surface area contributed by atoms with Crippen LogP contribution >= 0.6 is 0 Å². The number of hydrogen-bond donors (Lipinski definition) is 1. The van der Waals surface area contributed by atoms with E-state index in [-0.39, 0.29) is 11.3 Å². The molecule has 33 heavy (non-hydrogen) atoms. The van der Waals surface area contributed by atoms with E-state index in [4.69, 9.17) is 4.74 Å². The Kier molecular flexibility index (Phi) is 8.94. The third-order valence-corrected chi connectivity index (χ3v) is 6.61. The van der Waals surface area contributed by atoms with E-state index in [9.17, 15) is 9.90 Å². The summed E-state index contributed by atoms with van der Waals surface area (Å²) in [5.74, 6) is 0.815. The topological polar surface area (TPSA) is 46.5 Å². The van der Waals surface area contributed by atoms with Gasteiger partial charge in [-0.05, 0) is 42.5 Å². The van der Waals surface area contributed by atoms with Gasteiger partial charge in [0.25, 0.3) is 0 Å². The Morgan fingerprint density at radius 2 is 1.70 bits per heavy atom. The number of benzene rings is 2. The molecule has 0 aliphatic heterocycles. The molecular weight excluding hydrogens is 408 g/mol. The van der Waals surface area contributed by atoms with Gasteiger partial charge in [-0.15, -0.1) is 0 Å². The summed E-state index contributed by atoms with van der Waals surface area (Å²) in [6.07, 6.45) is 16.1. The number of unbranched alkanes of at least 4 members (excludes halogenated alkanes) is 2. The van der Waals surface area contributed by atoms with Crippen LogP contribution in [-0.4, -0.2) is 17.7 Å². The molecule has 1 unspecified atom stereocenters. The second-order valence-corrected chi connectivity index (χ2v) is 9.36. The van der Waals surface area contributed by atoms with Crippen LogP contribution in [0.2, 0.25) is 0 Å². The Morgan fingerprint density at radius 3 is 2.33 bits per heavy atom. The highest BCUT2D eigenvalue weighted by molar-refractivity contribution is 5.87. The quantitative estimate of drug-likeness (QED) is 0.266. The predicted molar refractivity (Wildman–Crippen MR) is 136 cm³/mol. The van der Waals surface area contributed by atoms with Gasteiger partial charge >= 0.3 is 5.97 Å². The van der Waals surface area contributed by atoms with Crippen LogP contribution < -0.4 is 4.74 Å². The molecule has 3 heteroatoms. The highest BCUT2D eigenvalue weighted by Crippen LogP contribution is 2.44. The van der Waals surface area contributed by atoms with E-state index in [1.165, 1.54) is 31.2 Å². The van der Waals surface area contributed by atoms with E-state index in [0.29, 0.717) is 11.5 Å². The maximum atomic E-state index is 11.2. The Hall–Kier alpha value is -2.81.